The summed E-state index contributed by atoms with van der Waals surface area (Å²) in [4.78, 5) is 4.87. The van der Waals surface area contributed by atoms with Crippen molar-refractivity contribution >= 4 is 34.0 Å². The average Bonchev–Trinajstić information content (AvgIpc) is 3.46. The van der Waals surface area contributed by atoms with Gasteiger partial charge in [0.25, 0.3) is 0 Å². The second-order valence-electron chi connectivity index (χ2n) is 14.5. The predicted molar refractivity (Wildman–Crippen MR) is 225 cm³/mol. The second-order valence-corrected chi connectivity index (χ2v) is 14.5. The highest BCUT2D eigenvalue weighted by Crippen LogP contribution is 2.53. The van der Waals surface area contributed by atoms with Crippen molar-refractivity contribution in [3.63, 3.8) is 0 Å². The predicted octanol–water partition coefficient (Wildman–Crippen LogP) is 13.7. The minimum Gasteiger partial charge on any atom is -0.334 e. The Balaban J connectivity index is 1.06. The van der Waals surface area contributed by atoms with Gasteiger partial charge in [-0.15, -0.1) is 0 Å². The Morgan fingerprint density at radius 2 is 1.00 bits per heavy atom. The third kappa shape index (κ3) is 5.97. The van der Waals surface area contributed by atoms with Crippen LogP contribution in [0.5, 0.6) is 0 Å². The lowest BCUT2D eigenvalue weighted by Crippen LogP contribution is -2.30. The number of allylic oxidation sites excluding steroid dienone is 2. The van der Waals surface area contributed by atoms with Gasteiger partial charge >= 0.3 is 0 Å². The summed E-state index contributed by atoms with van der Waals surface area (Å²) in [5.41, 5.74) is 16.2. The van der Waals surface area contributed by atoms with Crippen LogP contribution >= 0.6 is 0 Å². The number of para-hydroxylation sites is 2. The second kappa shape index (κ2) is 13.6. The molecule has 2 aliphatic carbocycles. The first-order valence-electron chi connectivity index (χ1n) is 18.6. The Bertz CT molecular complexity index is 2380. The third-order valence-electron chi connectivity index (χ3n) is 11.0. The molecule has 0 saturated heterocycles. The van der Waals surface area contributed by atoms with Gasteiger partial charge in [0.05, 0.1) is 6.04 Å². The summed E-state index contributed by atoms with van der Waals surface area (Å²) in [6.07, 6.45) is 8.03. The van der Waals surface area contributed by atoms with E-state index in [-0.39, 0.29) is 11.5 Å². The molecule has 2 heteroatoms. The van der Waals surface area contributed by atoms with E-state index >= 15 is 0 Å². The van der Waals surface area contributed by atoms with Crippen LogP contribution in [0.3, 0.4) is 0 Å². The molecular weight excluding hydrogens is 641 g/mol. The van der Waals surface area contributed by atoms with E-state index in [1.165, 1.54) is 55.9 Å². The van der Waals surface area contributed by atoms with Crippen molar-refractivity contribution in [3.05, 3.63) is 217 Å². The molecule has 2 aliphatic rings. The number of hydrogen-bond acceptors (Lipinski definition) is 2. The monoisotopic (exact) mass is 682 g/mol. The Hall–Kier alpha value is -6.38. The maximum Gasteiger partial charge on any atom is 0.0560 e. The molecule has 0 amide bonds. The van der Waals surface area contributed by atoms with E-state index in [0.717, 1.165) is 23.5 Å². The van der Waals surface area contributed by atoms with Crippen LogP contribution in [0.15, 0.2) is 200 Å². The molecule has 0 aromatic heterocycles. The zero-order valence-electron chi connectivity index (χ0n) is 30.2. The van der Waals surface area contributed by atoms with E-state index < -0.39 is 0 Å². The minimum atomic E-state index is -0.0665. The van der Waals surface area contributed by atoms with E-state index in [4.69, 9.17) is 0 Å². The van der Waals surface area contributed by atoms with Crippen LogP contribution in [0, 0.1) is 0 Å². The van der Waals surface area contributed by atoms with Crippen molar-refractivity contribution in [2.24, 2.45) is 0 Å². The van der Waals surface area contributed by atoms with Crippen molar-refractivity contribution in [3.8, 4) is 22.3 Å². The highest BCUT2D eigenvalue weighted by atomic mass is 15.2. The molecule has 0 N–H and O–H groups in total. The highest BCUT2D eigenvalue weighted by molar-refractivity contribution is 5.93. The van der Waals surface area contributed by atoms with Crippen LogP contribution in [-0.2, 0) is 5.41 Å². The van der Waals surface area contributed by atoms with Crippen molar-refractivity contribution in [2.45, 2.75) is 31.7 Å². The quantitative estimate of drug-likeness (QED) is 0.157. The molecule has 0 spiro atoms. The van der Waals surface area contributed by atoms with Crippen LogP contribution in [-0.4, -0.2) is 6.04 Å². The molecule has 53 heavy (non-hydrogen) atoms. The van der Waals surface area contributed by atoms with Crippen LogP contribution in [0.2, 0.25) is 0 Å². The molecule has 0 radical (unpaired) electrons. The lowest BCUT2D eigenvalue weighted by Gasteiger charge is -2.35. The molecule has 256 valence electrons. The zero-order chi connectivity index (χ0) is 35.8. The van der Waals surface area contributed by atoms with E-state index in [0.29, 0.717) is 0 Å². The van der Waals surface area contributed by atoms with Gasteiger partial charge in [-0.25, -0.2) is 0 Å². The third-order valence-corrected chi connectivity index (χ3v) is 11.0. The lowest BCUT2D eigenvalue weighted by molar-refractivity contribution is 0.660. The number of benzene rings is 7. The van der Waals surface area contributed by atoms with Gasteiger partial charge in [0.2, 0.25) is 0 Å². The number of hydrogen-bond donors (Lipinski definition) is 0. The maximum absolute atomic E-state index is 2.57. The molecule has 7 aromatic rings. The van der Waals surface area contributed by atoms with Gasteiger partial charge in [0.1, 0.15) is 0 Å². The summed E-state index contributed by atoms with van der Waals surface area (Å²) in [5.74, 6) is 0. The first-order valence-corrected chi connectivity index (χ1v) is 18.6. The van der Waals surface area contributed by atoms with E-state index in [1.54, 1.807) is 0 Å². The first-order chi connectivity index (χ1) is 26.1. The topological polar surface area (TPSA) is 6.48 Å². The van der Waals surface area contributed by atoms with E-state index in [2.05, 4.69) is 224 Å². The molecule has 0 saturated carbocycles. The van der Waals surface area contributed by atoms with Crippen molar-refractivity contribution in [2.75, 3.05) is 9.80 Å². The first kappa shape index (κ1) is 32.5. The Morgan fingerprint density at radius 3 is 1.64 bits per heavy atom. The molecule has 0 bridgehead atoms. The number of anilines is 5. The smallest absolute Gasteiger partial charge is 0.0560 e. The van der Waals surface area contributed by atoms with Gasteiger partial charge in [0.15, 0.2) is 0 Å². The number of nitrogens with zero attached hydrogens (tertiary/aromatic N) is 2. The molecule has 9 rings (SSSR count). The van der Waals surface area contributed by atoms with Gasteiger partial charge in [-0.05, 0) is 100.0 Å². The largest absolute Gasteiger partial charge is 0.334 e. The van der Waals surface area contributed by atoms with Gasteiger partial charge < -0.3 is 9.80 Å². The average molecular weight is 683 g/mol. The molecule has 1 atom stereocenters. The maximum atomic E-state index is 2.57. The van der Waals surface area contributed by atoms with Crippen LogP contribution in [0.1, 0.15) is 37.0 Å². The fraction of sp³-hybridized carbons (Fsp3) is 0.0980. The molecule has 0 heterocycles. The van der Waals surface area contributed by atoms with Crippen LogP contribution in [0.4, 0.5) is 28.4 Å². The summed E-state index contributed by atoms with van der Waals surface area (Å²) in [6.45, 7) is 4.72. The Morgan fingerprint density at radius 1 is 0.472 bits per heavy atom. The van der Waals surface area contributed by atoms with Crippen LogP contribution < -0.4 is 9.80 Å². The van der Waals surface area contributed by atoms with E-state index in [1.807, 2.05) is 0 Å². The standard InChI is InChI=1S/C51H42N2/c1-51(2)47-22-13-12-21-46(47)50-48(51)23-14-24-49(50)53(44-33-27-38(28-34-44)37-15-6-3-7-16-37)45-35-29-40(30-36-45)39-25-31-43(32-26-39)52(41-17-8-4-9-18-41)42-19-10-5-11-20-42/h3-35,45H,36H2,1-2H3. The summed E-state index contributed by atoms with van der Waals surface area (Å²) in [5, 5.41) is 0. The zero-order valence-corrected chi connectivity index (χ0v) is 30.2. The van der Waals surface area contributed by atoms with Crippen molar-refractivity contribution in [1.82, 2.24) is 0 Å². The van der Waals surface area contributed by atoms with Gasteiger partial charge in [-0.3, -0.25) is 0 Å². The number of rotatable bonds is 8. The van der Waals surface area contributed by atoms with Crippen molar-refractivity contribution < 1.29 is 0 Å². The van der Waals surface area contributed by atoms with Gasteiger partial charge in [-0.1, -0.05) is 159 Å². The van der Waals surface area contributed by atoms with Crippen LogP contribution in [0.25, 0.3) is 27.8 Å². The molecule has 1 unspecified atom stereocenters. The highest BCUT2D eigenvalue weighted by Gasteiger charge is 2.38. The molecule has 0 aliphatic heterocycles. The summed E-state index contributed by atoms with van der Waals surface area (Å²) >= 11 is 0. The Kier molecular flexibility index (Phi) is 8.37. The normalized spacial score (nSPS) is 15.3. The van der Waals surface area contributed by atoms with Crippen molar-refractivity contribution in [1.29, 1.82) is 0 Å². The summed E-state index contributed by atoms with van der Waals surface area (Å²) in [7, 11) is 0. The van der Waals surface area contributed by atoms with Gasteiger partial charge in [-0.2, -0.15) is 0 Å². The fourth-order valence-electron chi connectivity index (χ4n) is 8.31. The molecule has 0 fully saturated rings. The van der Waals surface area contributed by atoms with Gasteiger partial charge in [0, 0.05) is 39.4 Å². The SMILES string of the molecule is CC1(C)c2ccccc2-c2c(N(c3ccc(-c4ccccc4)cc3)C3C=CC(c4ccc(N(c5ccccc5)c5ccccc5)cc4)=CC3)cccc21. The lowest BCUT2D eigenvalue weighted by atomic mass is 9.82. The summed E-state index contributed by atoms with van der Waals surface area (Å²) < 4.78 is 0. The molecule has 7 aromatic carbocycles. The summed E-state index contributed by atoms with van der Waals surface area (Å²) in [6, 6.07) is 65.9. The number of fused-ring (bicyclic) bond motifs is 3. The van der Waals surface area contributed by atoms with E-state index in [9.17, 15) is 0 Å². The fourth-order valence-corrected chi connectivity index (χ4v) is 8.31. The Labute approximate surface area is 313 Å². The molecule has 2 nitrogen and oxygen atoms in total. The minimum absolute atomic E-state index is 0.0665. The molecular formula is C51H42N2.